The second kappa shape index (κ2) is 11.9. The van der Waals surface area contributed by atoms with E-state index in [1.54, 1.807) is 24.0 Å². The average Bonchev–Trinajstić information content (AvgIpc) is 2.96. The maximum Gasteiger partial charge on any atom is 0.281 e. The van der Waals surface area contributed by atoms with E-state index in [9.17, 15) is 22.0 Å². The summed E-state index contributed by atoms with van der Waals surface area (Å²) in [6.07, 6.45) is 5.38. The SMILES string of the molecule is Cc1cc(F)ccc1Nc1cc(S(=O)(=O)Nc2ncc(Br)cn2)ncc1C(=O)N1CCC(c2ccc(F)cc2)CC1. The molecule has 0 saturated carbocycles. The van der Waals surface area contributed by atoms with Crippen LogP contribution in [0.1, 0.15) is 40.2 Å². The van der Waals surface area contributed by atoms with Crippen molar-refractivity contribution in [1.29, 1.82) is 0 Å². The summed E-state index contributed by atoms with van der Waals surface area (Å²) in [5.74, 6) is -1.01. The minimum absolute atomic E-state index is 0.150. The van der Waals surface area contributed by atoms with Gasteiger partial charge in [-0.3, -0.25) is 4.79 Å². The number of anilines is 3. The lowest BCUT2D eigenvalue weighted by molar-refractivity contribution is 0.0713. The third kappa shape index (κ3) is 6.68. The summed E-state index contributed by atoms with van der Waals surface area (Å²) < 4.78 is 56.2. The van der Waals surface area contributed by atoms with Gasteiger partial charge >= 0.3 is 0 Å². The second-order valence-electron chi connectivity index (χ2n) is 9.60. The van der Waals surface area contributed by atoms with Crippen LogP contribution in [-0.2, 0) is 10.0 Å². The monoisotopic (exact) mass is 642 g/mol. The number of halogens is 3. The topological polar surface area (TPSA) is 117 Å². The Morgan fingerprint density at radius 3 is 2.24 bits per heavy atom. The Balaban J connectivity index is 1.42. The van der Waals surface area contributed by atoms with Gasteiger partial charge in [0.2, 0.25) is 5.95 Å². The zero-order valence-corrected chi connectivity index (χ0v) is 24.2. The lowest BCUT2D eigenvalue weighted by atomic mass is 9.89. The van der Waals surface area contributed by atoms with E-state index in [1.807, 2.05) is 0 Å². The maximum atomic E-state index is 13.7. The molecule has 2 aromatic heterocycles. The number of benzene rings is 2. The van der Waals surface area contributed by atoms with Gasteiger partial charge in [-0.05, 0) is 83.1 Å². The van der Waals surface area contributed by atoms with Crippen LogP contribution < -0.4 is 10.0 Å². The highest BCUT2D eigenvalue weighted by atomic mass is 79.9. The van der Waals surface area contributed by atoms with Crippen molar-refractivity contribution in [2.24, 2.45) is 0 Å². The third-order valence-corrected chi connectivity index (χ3v) is 8.45. The number of rotatable bonds is 7. The van der Waals surface area contributed by atoms with Crippen LogP contribution in [0.5, 0.6) is 0 Å². The van der Waals surface area contributed by atoms with Crippen LogP contribution in [0.4, 0.5) is 26.1 Å². The molecule has 1 saturated heterocycles. The number of amides is 1. The number of nitrogens with one attached hydrogen (secondary N) is 2. The maximum absolute atomic E-state index is 13.7. The van der Waals surface area contributed by atoms with Crippen LogP contribution in [0.25, 0.3) is 0 Å². The van der Waals surface area contributed by atoms with Crippen molar-refractivity contribution in [3.63, 3.8) is 0 Å². The first kappa shape index (κ1) is 28.6. The number of piperidine rings is 1. The van der Waals surface area contributed by atoms with E-state index >= 15 is 0 Å². The Bertz CT molecular complexity index is 1680. The number of sulfonamides is 1. The lowest BCUT2D eigenvalue weighted by Crippen LogP contribution is -2.38. The number of carbonyl (C=O) groups excluding carboxylic acids is 1. The molecule has 0 spiro atoms. The van der Waals surface area contributed by atoms with Gasteiger partial charge in [-0.1, -0.05) is 12.1 Å². The van der Waals surface area contributed by atoms with Gasteiger partial charge in [-0.25, -0.2) is 28.5 Å². The van der Waals surface area contributed by atoms with Crippen molar-refractivity contribution in [3.8, 4) is 0 Å². The number of carbonyl (C=O) groups is 1. The number of pyridine rings is 1. The molecule has 2 aromatic carbocycles. The summed E-state index contributed by atoms with van der Waals surface area (Å²) in [6.45, 7) is 2.61. The first-order chi connectivity index (χ1) is 19.6. The van der Waals surface area contributed by atoms with E-state index in [-0.39, 0.29) is 39.9 Å². The molecule has 0 bridgehead atoms. The fourth-order valence-electron chi connectivity index (χ4n) is 4.63. The van der Waals surface area contributed by atoms with Crippen LogP contribution in [-0.4, -0.2) is 47.3 Å². The van der Waals surface area contributed by atoms with Gasteiger partial charge in [-0.2, -0.15) is 8.42 Å². The summed E-state index contributed by atoms with van der Waals surface area (Å²) in [7, 11) is -4.22. The highest BCUT2D eigenvalue weighted by Crippen LogP contribution is 2.31. The van der Waals surface area contributed by atoms with Gasteiger partial charge in [-0.15, -0.1) is 0 Å². The largest absolute Gasteiger partial charge is 0.355 e. The van der Waals surface area contributed by atoms with E-state index < -0.39 is 15.8 Å². The Labute approximate surface area is 244 Å². The zero-order valence-electron chi connectivity index (χ0n) is 21.8. The number of hydrogen-bond acceptors (Lipinski definition) is 7. The number of hydrogen-bond donors (Lipinski definition) is 2. The van der Waals surface area contributed by atoms with Crippen LogP contribution in [0.15, 0.2) is 76.6 Å². The Hall–Kier alpha value is -3.97. The van der Waals surface area contributed by atoms with E-state index in [0.29, 0.717) is 41.7 Å². The number of aryl methyl sites for hydroxylation is 1. The third-order valence-electron chi connectivity index (χ3n) is 6.81. The molecule has 5 rings (SSSR count). The molecule has 3 heterocycles. The molecule has 0 unspecified atom stereocenters. The molecular formula is C28H25BrF2N6O3S. The molecule has 41 heavy (non-hydrogen) atoms. The normalized spacial score (nSPS) is 14.1. The summed E-state index contributed by atoms with van der Waals surface area (Å²) in [5.41, 5.74) is 2.43. The standard InChI is InChI=1S/C28H25BrF2N6O3S/c1-17-12-22(31)6-7-24(17)35-25-13-26(41(39,40)36-28-33-14-20(29)15-34-28)32-16-23(25)27(38)37-10-8-19(9-11-37)18-2-4-21(30)5-3-18/h2-7,12-16,19H,8-11H2,1H3,(H,32,35)(H,33,34,36). The van der Waals surface area contributed by atoms with Crippen LogP contribution >= 0.6 is 15.9 Å². The van der Waals surface area contributed by atoms with E-state index in [2.05, 4.69) is 40.9 Å². The summed E-state index contributed by atoms with van der Waals surface area (Å²) >= 11 is 3.20. The van der Waals surface area contributed by atoms with Crippen molar-refractivity contribution < 1.29 is 22.0 Å². The fraction of sp³-hybridized carbons (Fsp3) is 0.214. The van der Waals surface area contributed by atoms with Gasteiger partial charge in [0.15, 0.2) is 5.03 Å². The lowest BCUT2D eigenvalue weighted by Gasteiger charge is -2.32. The molecule has 0 atom stereocenters. The second-order valence-corrected chi connectivity index (χ2v) is 12.1. The van der Waals surface area contributed by atoms with Crippen molar-refractivity contribution >= 4 is 49.2 Å². The van der Waals surface area contributed by atoms with Crippen molar-refractivity contribution in [1.82, 2.24) is 19.9 Å². The van der Waals surface area contributed by atoms with Crippen LogP contribution in [0.3, 0.4) is 0 Å². The highest BCUT2D eigenvalue weighted by Gasteiger charge is 2.28. The van der Waals surface area contributed by atoms with Gasteiger partial charge < -0.3 is 10.2 Å². The zero-order chi connectivity index (χ0) is 29.1. The molecule has 1 fully saturated rings. The molecule has 0 radical (unpaired) electrons. The smallest absolute Gasteiger partial charge is 0.281 e. The number of nitrogens with zero attached hydrogens (tertiary/aromatic N) is 4. The molecular weight excluding hydrogens is 618 g/mol. The van der Waals surface area contributed by atoms with E-state index in [4.69, 9.17) is 0 Å². The predicted octanol–water partition coefficient (Wildman–Crippen LogP) is 5.78. The quantitative estimate of drug-likeness (QED) is 0.262. The molecule has 0 aliphatic carbocycles. The average molecular weight is 644 g/mol. The number of aromatic nitrogens is 3. The van der Waals surface area contributed by atoms with Crippen molar-refractivity contribution in [3.05, 3.63) is 99.9 Å². The van der Waals surface area contributed by atoms with Crippen molar-refractivity contribution in [2.75, 3.05) is 23.1 Å². The molecule has 4 aromatic rings. The highest BCUT2D eigenvalue weighted by molar-refractivity contribution is 9.10. The van der Waals surface area contributed by atoms with E-state index in [1.165, 1.54) is 55.0 Å². The Morgan fingerprint density at radius 2 is 1.59 bits per heavy atom. The predicted molar refractivity (Wildman–Crippen MR) is 153 cm³/mol. The molecule has 1 aliphatic heterocycles. The van der Waals surface area contributed by atoms with Crippen LogP contribution in [0.2, 0.25) is 0 Å². The van der Waals surface area contributed by atoms with Gasteiger partial charge in [0, 0.05) is 43.4 Å². The molecule has 1 aliphatic rings. The van der Waals surface area contributed by atoms with E-state index in [0.717, 1.165) is 5.56 Å². The fourth-order valence-corrected chi connectivity index (χ4v) is 5.75. The summed E-state index contributed by atoms with van der Waals surface area (Å²) in [4.78, 5) is 27.3. The van der Waals surface area contributed by atoms with Crippen LogP contribution in [0, 0.1) is 18.6 Å². The minimum atomic E-state index is -4.22. The Morgan fingerprint density at radius 1 is 0.927 bits per heavy atom. The molecule has 2 N–H and O–H groups in total. The minimum Gasteiger partial charge on any atom is -0.355 e. The molecule has 1 amide bonds. The molecule has 13 heteroatoms. The molecule has 212 valence electrons. The van der Waals surface area contributed by atoms with Crippen molar-refractivity contribution in [2.45, 2.75) is 30.7 Å². The first-order valence-corrected chi connectivity index (χ1v) is 14.9. The summed E-state index contributed by atoms with van der Waals surface area (Å²) in [6, 6.07) is 11.8. The molecule has 9 nitrogen and oxygen atoms in total. The van der Waals surface area contributed by atoms with Gasteiger partial charge in [0.05, 0.1) is 15.7 Å². The first-order valence-electron chi connectivity index (χ1n) is 12.7. The Kier molecular flexibility index (Phi) is 8.27. The summed E-state index contributed by atoms with van der Waals surface area (Å²) in [5, 5.41) is 2.73. The number of likely N-dealkylation sites (tertiary alicyclic amines) is 1. The van der Waals surface area contributed by atoms with Gasteiger partial charge in [0.1, 0.15) is 11.6 Å². The van der Waals surface area contributed by atoms with Gasteiger partial charge in [0.25, 0.3) is 15.9 Å².